The number of thioether (sulfide) groups is 1. The molecule has 2 heterocycles. The van der Waals surface area contributed by atoms with Gasteiger partial charge in [-0.25, -0.2) is 0 Å². The average Bonchev–Trinajstić information content (AvgIpc) is 3.03. The number of halogens is 1. The van der Waals surface area contributed by atoms with Crippen molar-refractivity contribution in [1.82, 2.24) is 14.8 Å². The Morgan fingerprint density at radius 2 is 2.11 bits per heavy atom. The normalized spacial score (nSPS) is 15.5. The molecule has 1 aliphatic heterocycles. The predicted octanol–water partition coefficient (Wildman–Crippen LogP) is 2.43. The number of nitrogens with zero attached hydrogens (tertiary/aromatic N) is 4. The van der Waals surface area contributed by atoms with Gasteiger partial charge in [0, 0.05) is 25.2 Å². The van der Waals surface area contributed by atoms with Gasteiger partial charge in [0.1, 0.15) is 5.75 Å². The lowest BCUT2D eigenvalue weighted by molar-refractivity contribution is -0.115. The largest absolute Gasteiger partial charge is 0.495 e. The fourth-order valence-electron chi connectivity index (χ4n) is 2.67. The number of aromatic nitrogens is 3. The van der Waals surface area contributed by atoms with Crippen LogP contribution in [0.4, 0.5) is 11.6 Å². The number of carbonyl (C=O) groups is 1. The molecule has 8 nitrogen and oxygen atoms in total. The van der Waals surface area contributed by atoms with Gasteiger partial charge in [-0.2, -0.15) is 0 Å². The van der Waals surface area contributed by atoms with Crippen LogP contribution in [0.15, 0.2) is 23.4 Å². The minimum absolute atomic E-state index is 0.170. The first-order valence-electron chi connectivity index (χ1n) is 8.52. The quantitative estimate of drug-likeness (QED) is 0.731. The van der Waals surface area contributed by atoms with Gasteiger partial charge in [-0.3, -0.25) is 9.36 Å². The molecule has 1 unspecified atom stereocenters. The minimum Gasteiger partial charge on any atom is -0.495 e. The van der Waals surface area contributed by atoms with Gasteiger partial charge in [-0.15, -0.1) is 10.2 Å². The fourth-order valence-corrected chi connectivity index (χ4v) is 3.65. The number of methoxy groups -OCH3 is 1. The van der Waals surface area contributed by atoms with Crippen LogP contribution in [-0.2, 0) is 16.6 Å². The van der Waals surface area contributed by atoms with Gasteiger partial charge >= 0.3 is 0 Å². The van der Waals surface area contributed by atoms with Gasteiger partial charge in [0.05, 0.1) is 31.3 Å². The summed E-state index contributed by atoms with van der Waals surface area (Å²) in [6.45, 7) is 4.73. The maximum Gasteiger partial charge on any atom is 0.237 e. The van der Waals surface area contributed by atoms with E-state index in [0.717, 1.165) is 19.0 Å². The first-order valence-corrected chi connectivity index (χ1v) is 9.78. The standard InChI is InChI=1S/C17H22ClN5O3S/c1-11(15(24)19-13-10-12(18)4-5-14(13)25-3)27-17-21-20-16(22(17)2)23-6-8-26-9-7-23/h4-5,10-11H,6-9H2,1-3H3,(H,19,24). The average molecular weight is 412 g/mol. The number of morpholine rings is 1. The summed E-state index contributed by atoms with van der Waals surface area (Å²) in [5, 5.41) is 12.2. The van der Waals surface area contributed by atoms with E-state index in [-0.39, 0.29) is 11.2 Å². The molecule has 0 aliphatic carbocycles. The summed E-state index contributed by atoms with van der Waals surface area (Å²) in [6, 6.07) is 5.09. The summed E-state index contributed by atoms with van der Waals surface area (Å²) in [5.74, 6) is 1.17. The molecule has 1 aliphatic rings. The third-order valence-corrected chi connectivity index (χ3v) is 5.55. The molecule has 0 saturated carbocycles. The van der Waals surface area contributed by atoms with Crippen molar-refractivity contribution in [2.24, 2.45) is 7.05 Å². The van der Waals surface area contributed by atoms with Crippen LogP contribution in [0.3, 0.4) is 0 Å². The second-order valence-electron chi connectivity index (χ2n) is 6.03. The SMILES string of the molecule is COc1ccc(Cl)cc1NC(=O)C(C)Sc1nnc(N2CCOCC2)n1C. The number of carbonyl (C=O) groups excluding carboxylic acids is 1. The number of anilines is 2. The van der Waals surface area contributed by atoms with E-state index in [9.17, 15) is 4.79 Å². The van der Waals surface area contributed by atoms with Gasteiger partial charge in [0.25, 0.3) is 0 Å². The van der Waals surface area contributed by atoms with E-state index in [2.05, 4.69) is 20.4 Å². The molecule has 1 saturated heterocycles. The van der Waals surface area contributed by atoms with Gasteiger partial charge in [0.2, 0.25) is 11.9 Å². The Hall–Kier alpha value is -1.97. The number of ether oxygens (including phenoxy) is 2. The fraction of sp³-hybridized carbons (Fsp3) is 0.471. The lowest BCUT2D eigenvalue weighted by Gasteiger charge is -2.27. The van der Waals surface area contributed by atoms with Crippen molar-refractivity contribution in [3.63, 3.8) is 0 Å². The molecule has 0 spiro atoms. The van der Waals surface area contributed by atoms with E-state index in [1.165, 1.54) is 11.8 Å². The molecular weight excluding hydrogens is 390 g/mol. The molecule has 1 N–H and O–H groups in total. The molecule has 3 rings (SSSR count). The zero-order chi connectivity index (χ0) is 19.4. The summed E-state index contributed by atoms with van der Waals surface area (Å²) < 4.78 is 12.5. The summed E-state index contributed by atoms with van der Waals surface area (Å²) in [5.41, 5.74) is 0.537. The highest BCUT2D eigenvalue weighted by Gasteiger charge is 2.23. The van der Waals surface area contributed by atoms with Crippen LogP contribution in [0.25, 0.3) is 0 Å². The first kappa shape index (κ1) is 19.8. The topological polar surface area (TPSA) is 81.5 Å². The van der Waals surface area contributed by atoms with Crippen molar-refractivity contribution >= 4 is 40.9 Å². The zero-order valence-corrected chi connectivity index (χ0v) is 17.0. The van der Waals surface area contributed by atoms with Gasteiger partial charge in [-0.05, 0) is 25.1 Å². The predicted molar refractivity (Wildman–Crippen MR) is 106 cm³/mol. The molecule has 10 heteroatoms. The molecule has 0 bridgehead atoms. The van der Waals surface area contributed by atoms with Crippen molar-refractivity contribution in [3.8, 4) is 5.75 Å². The molecule has 146 valence electrons. The molecule has 1 amide bonds. The number of hydrogen-bond donors (Lipinski definition) is 1. The Morgan fingerprint density at radius 1 is 1.37 bits per heavy atom. The molecule has 1 aromatic carbocycles. The van der Waals surface area contributed by atoms with E-state index < -0.39 is 0 Å². The third kappa shape index (κ3) is 4.66. The number of amides is 1. The van der Waals surface area contributed by atoms with Gasteiger partial charge < -0.3 is 19.7 Å². The molecular formula is C17H22ClN5O3S. The Bertz CT molecular complexity index is 810. The van der Waals surface area contributed by atoms with Crippen molar-refractivity contribution < 1.29 is 14.3 Å². The van der Waals surface area contributed by atoms with Crippen molar-refractivity contribution in [1.29, 1.82) is 0 Å². The highest BCUT2D eigenvalue weighted by atomic mass is 35.5. The van der Waals surface area contributed by atoms with Gasteiger partial charge in [0.15, 0.2) is 5.16 Å². The summed E-state index contributed by atoms with van der Waals surface area (Å²) >= 11 is 7.36. The van der Waals surface area contributed by atoms with E-state index >= 15 is 0 Å². The van der Waals surface area contributed by atoms with Crippen molar-refractivity contribution in [2.75, 3.05) is 43.6 Å². The lowest BCUT2D eigenvalue weighted by atomic mass is 10.3. The Morgan fingerprint density at radius 3 is 2.81 bits per heavy atom. The van der Waals surface area contributed by atoms with E-state index in [4.69, 9.17) is 21.1 Å². The number of benzene rings is 1. The molecule has 27 heavy (non-hydrogen) atoms. The number of hydrogen-bond acceptors (Lipinski definition) is 7. The summed E-state index contributed by atoms with van der Waals surface area (Å²) in [7, 11) is 3.45. The smallest absolute Gasteiger partial charge is 0.237 e. The maximum absolute atomic E-state index is 12.6. The highest BCUT2D eigenvalue weighted by molar-refractivity contribution is 8.00. The van der Waals surface area contributed by atoms with Crippen LogP contribution >= 0.6 is 23.4 Å². The third-order valence-electron chi connectivity index (χ3n) is 4.18. The number of nitrogens with one attached hydrogen (secondary N) is 1. The highest BCUT2D eigenvalue weighted by Crippen LogP contribution is 2.30. The molecule has 1 atom stereocenters. The van der Waals surface area contributed by atoms with Crippen LogP contribution < -0.4 is 15.0 Å². The number of rotatable bonds is 6. The Labute approximate surface area is 167 Å². The minimum atomic E-state index is -0.380. The van der Waals surface area contributed by atoms with Crippen LogP contribution in [0.1, 0.15) is 6.92 Å². The van der Waals surface area contributed by atoms with Crippen LogP contribution in [-0.4, -0.2) is 59.3 Å². The lowest BCUT2D eigenvalue weighted by Crippen LogP contribution is -2.37. The van der Waals surface area contributed by atoms with Gasteiger partial charge in [-0.1, -0.05) is 23.4 Å². The first-order chi connectivity index (χ1) is 13.0. The van der Waals surface area contributed by atoms with E-state index in [1.807, 2.05) is 18.5 Å². The zero-order valence-electron chi connectivity index (χ0n) is 15.4. The molecule has 1 fully saturated rings. The second kappa shape index (κ2) is 8.81. The second-order valence-corrected chi connectivity index (χ2v) is 7.78. The van der Waals surface area contributed by atoms with Crippen molar-refractivity contribution in [2.45, 2.75) is 17.3 Å². The molecule has 1 aromatic heterocycles. The van der Waals surface area contributed by atoms with Crippen molar-refractivity contribution in [3.05, 3.63) is 23.2 Å². The maximum atomic E-state index is 12.6. The molecule has 0 radical (unpaired) electrons. The van der Waals surface area contributed by atoms with Crippen LogP contribution in [0.5, 0.6) is 5.75 Å². The van der Waals surface area contributed by atoms with Crippen LogP contribution in [0.2, 0.25) is 5.02 Å². The molecule has 2 aromatic rings. The van der Waals surface area contributed by atoms with Crippen LogP contribution in [0, 0.1) is 0 Å². The van der Waals surface area contributed by atoms with E-state index in [0.29, 0.717) is 34.8 Å². The summed E-state index contributed by atoms with van der Waals surface area (Å²) in [4.78, 5) is 14.7. The Kier molecular flexibility index (Phi) is 6.46. The van der Waals surface area contributed by atoms with E-state index in [1.54, 1.807) is 25.3 Å². The summed E-state index contributed by atoms with van der Waals surface area (Å²) in [6.07, 6.45) is 0. The Balaban J connectivity index is 1.66. The monoisotopic (exact) mass is 411 g/mol.